The van der Waals surface area contributed by atoms with E-state index in [1.807, 2.05) is 0 Å². The van der Waals surface area contributed by atoms with Crippen LogP contribution in [0.3, 0.4) is 0 Å². The zero-order chi connectivity index (χ0) is 10.4. The minimum atomic E-state index is -0.894. The number of hydrogen-bond acceptors (Lipinski definition) is 3. The third-order valence-electron chi connectivity index (χ3n) is 1.60. The first-order valence-electron chi connectivity index (χ1n) is 4.12. The molecule has 0 saturated heterocycles. The number of carbonyl (C=O) groups is 2. The van der Waals surface area contributed by atoms with Crippen LogP contribution in [0.1, 0.15) is 16.8 Å². The lowest BCUT2D eigenvalue weighted by atomic mass is 10.2. The van der Waals surface area contributed by atoms with Gasteiger partial charge in [-0.05, 0) is 24.3 Å². The number of rotatable bonds is 5. The van der Waals surface area contributed by atoms with E-state index in [9.17, 15) is 9.59 Å². The van der Waals surface area contributed by atoms with Gasteiger partial charge in [-0.25, -0.2) is 0 Å². The standard InChI is InChI=1S/C10H10O4/c11-7-8-1-3-9(4-2-8)14-6-5-10(12)13/h1-4,7H,5-6H2,(H,12,13). The highest BCUT2D eigenvalue weighted by atomic mass is 16.5. The van der Waals surface area contributed by atoms with E-state index < -0.39 is 5.97 Å². The number of carbonyl (C=O) groups excluding carboxylic acids is 1. The molecular weight excluding hydrogens is 184 g/mol. The van der Waals surface area contributed by atoms with Crippen LogP contribution in [0.2, 0.25) is 0 Å². The average molecular weight is 194 g/mol. The first-order valence-corrected chi connectivity index (χ1v) is 4.12. The number of aldehydes is 1. The van der Waals surface area contributed by atoms with Gasteiger partial charge in [-0.15, -0.1) is 0 Å². The Labute approximate surface area is 81.1 Å². The molecule has 1 rings (SSSR count). The van der Waals surface area contributed by atoms with Crippen molar-refractivity contribution in [1.29, 1.82) is 0 Å². The molecule has 0 aliphatic rings. The molecule has 0 aromatic heterocycles. The second-order valence-corrected chi connectivity index (χ2v) is 2.68. The molecule has 0 heterocycles. The molecule has 0 aliphatic carbocycles. The number of aliphatic carboxylic acids is 1. The van der Waals surface area contributed by atoms with Gasteiger partial charge in [-0.3, -0.25) is 9.59 Å². The summed E-state index contributed by atoms with van der Waals surface area (Å²) in [6.07, 6.45) is 0.705. The molecule has 0 spiro atoms. The smallest absolute Gasteiger partial charge is 0.306 e. The SMILES string of the molecule is O=Cc1ccc(OCCC(=O)O)cc1. The van der Waals surface area contributed by atoms with Gasteiger partial charge in [-0.1, -0.05) is 0 Å². The van der Waals surface area contributed by atoms with Gasteiger partial charge in [0.25, 0.3) is 0 Å². The molecule has 1 aromatic rings. The molecule has 0 aliphatic heterocycles. The first kappa shape index (κ1) is 10.2. The van der Waals surface area contributed by atoms with E-state index in [1.165, 1.54) is 0 Å². The van der Waals surface area contributed by atoms with Crippen molar-refractivity contribution in [2.24, 2.45) is 0 Å². The zero-order valence-electron chi connectivity index (χ0n) is 7.47. The maximum Gasteiger partial charge on any atom is 0.306 e. The second kappa shape index (κ2) is 5.01. The predicted molar refractivity (Wildman–Crippen MR) is 49.6 cm³/mol. The second-order valence-electron chi connectivity index (χ2n) is 2.68. The van der Waals surface area contributed by atoms with E-state index in [4.69, 9.17) is 9.84 Å². The summed E-state index contributed by atoms with van der Waals surface area (Å²) in [4.78, 5) is 20.5. The summed E-state index contributed by atoms with van der Waals surface area (Å²) in [6, 6.07) is 6.49. The summed E-state index contributed by atoms with van der Waals surface area (Å²) in [6.45, 7) is 0.135. The topological polar surface area (TPSA) is 63.6 Å². The molecule has 1 aromatic carbocycles. The van der Waals surface area contributed by atoms with Crippen LogP contribution in [-0.4, -0.2) is 24.0 Å². The highest BCUT2D eigenvalue weighted by Crippen LogP contribution is 2.10. The molecule has 1 N–H and O–H groups in total. The lowest BCUT2D eigenvalue weighted by molar-refractivity contribution is -0.137. The highest BCUT2D eigenvalue weighted by Gasteiger charge is 1.98. The number of benzene rings is 1. The van der Waals surface area contributed by atoms with Crippen molar-refractivity contribution in [2.75, 3.05) is 6.61 Å². The minimum absolute atomic E-state index is 0.0323. The normalized spacial score (nSPS) is 9.43. The molecule has 0 radical (unpaired) electrons. The zero-order valence-corrected chi connectivity index (χ0v) is 7.47. The minimum Gasteiger partial charge on any atom is -0.493 e. The summed E-state index contributed by atoms with van der Waals surface area (Å²) in [5, 5.41) is 8.35. The van der Waals surface area contributed by atoms with Crippen LogP contribution in [0.15, 0.2) is 24.3 Å². The Kier molecular flexibility index (Phi) is 3.67. The van der Waals surface area contributed by atoms with E-state index in [2.05, 4.69) is 0 Å². The fourth-order valence-electron chi connectivity index (χ4n) is 0.899. The van der Waals surface area contributed by atoms with Gasteiger partial charge >= 0.3 is 5.97 Å². The predicted octanol–water partition coefficient (Wildman–Crippen LogP) is 1.35. The molecule has 74 valence electrons. The van der Waals surface area contributed by atoms with Crippen molar-refractivity contribution in [2.45, 2.75) is 6.42 Å². The van der Waals surface area contributed by atoms with Crippen molar-refractivity contribution in [3.63, 3.8) is 0 Å². The van der Waals surface area contributed by atoms with E-state index >= 15 is 0 Å². The summed E-state index contributed by atoms with van der Waals surface area (Å²) < 4.78 is 5.12. The number of hydrogen-bond donors (Lipinski definition) is 1. The van der Waals surface area contributed by atoms with E-state index in [1.54, 1.807) is 24.3 Å². The Balaban J connectivity index is 2.43. The first-order chi connectivity index (χ1) is 6.72. The molecule has 0 bridgehead atoms. The van der Waals surface area contributed by atoms with Gasteiger partial charge in [0.05, 0.1) is 13.0 Å². The van der Waals surface area contributed by atoms with Gasteiger partial charge in [0, 0.05) is 5.56 Å². The van der Waals surface area contributed by atoms with Crippen molar-refractivity contribution < 1.29 is 19.4 Å². The van der Waals surface area contributed by atoms with Crippen LogP contribution >= 0.6 is 0 Å². The van der Waals surface area contributed by atoms with Crippen molar-refractivity contribution in [3.8, 4) is 5.75 Å². The molecule has 0 atom stereocenters. The van der Waals surface area contributed by atoms with Crippen molar-refractivity contribution in [1.82, 2.24) is 0 Å². The average Bonchev–Trinajstić information content (AvgIpc) is 2.18. The van der Waals surface area contributed by atoms with Crippen molar-refractivity contribution in [3.05, 3.63) is 29.8 Å². The molecule has 0 unspecified atom stereocenters. The Bertz CT molecular complexity index is 315. The molecule has 4 nitrogen and oxygen atoms in total. The monoisotopic (exact) mass is 194 g/mol. The van der Waals surface area contributed by atoms with Crippen molar-refractivity contribution >= 4 is 12.3 Å². The van der Waals surface area contributed by atoms with Gasteiger partial charge in [-0.2, -0.15) is 0 Å². The Morgan fingerprint density at radius 1 is 1.36 bits per heavy atom. The molecule has 14 heavy (non-hydrogen) atoms. The largest absolute Gasteiger partial charge is 0.493 e. The Morgan fingerprint density at radius 2 is 2.00 bits per heavy atom. The fraction of sp³-hybridized carbons (Fsp3) is 0.200. The van der Waals surface area contributed by atoms with Crippen LogP contribution in [0.5, 0.6) is 5.75 Å². The van der Waals surface area contributed by atoms with Crippen LogP contribution in [-0.2, 0) is 4.79 Å². The molecule has 0 amide bonds. The van der Waals surface area contributed by atoms with Gasteiger partial charge < -0.3 is 9.84 Å². The van der Waals surface area contributed by atoms with E-state index in [-0.39, 0.29) is 13.0 Å². The summed E-state index contributed by atoms with van der Waals surface area (Å²) in [5.74, 6) is -0.327. The third kappa shape index (κ3) is 3.26. The lowest BCUT2D eigenvalue weighted by Gasteiger charge is -2.03. The Hall–Kier alpha value is -1.84. The number of carboxylic acids is 1. The van der Waals surface area contributed by atoms with Crippen LogP contribution < -0.4 is 4.74 Å². The maximum absolute atomic E-state index is 10.3. The number of ether oxygens (including phenoxy) is 1. The maximum atomic E-state index is 10.3. The van der Waals surface area contributed by atoms with Crippen LogP contribution in [0, 0.1) is 0 Å². The van der Waals surface area contributed by atoms with Crippen LogP contribution in [0.25, 0.3) is 0 Å². The lowest BCUT2D eigenvalue weighted by Crippen LogP contribution is -2.04. The Morgan fingerprint density at radius 3 is 2.50 bits per heavy atom. The van der Waals surface area contributed by atoms with Gasteiger partial charge in [0.15, 0.2) is 0 Å². The molecular formula is C10H10O4. The van der Waals surface area contributed by atoms with Gasteiger partial charge in [0.2, 0.25) is 0 Å². The number of carboxylic acid groups (broad SMARTS) is 1. The third-order valence-corrected chi connectivity index (χ3v) is 1.60. The van der Waals surface area contributed by atoms with Crippen LogP contribution in [0.4, 0.5) is 0 Å². The summed E-state index contributed by atoms with van der Waals surface area (Å²) in [5.41, 5.74) is 0.565. The quantitative estimate of drug-likeness (QED) is 0.718. The van der Waals surface area contributed by atoms with E-state index in [0.29, 0.717) is 11.3 Å². The van der Waals surface area contributed by atoms with E-state index in [0.717, 1.165) is 6.29 Å². The van der Waals surface area contributed by atoms with Gasteiger partial charge in [0.1, 0.15) is 12.0 Å². The summed E-state index contributed by atoms with van der Waals surface area (Å²) >= 11 is 0. The highest BCUT2D eigenvalue weighted by molar-refractivity contribution is 5.74. The molecule has 0 fully saturated rings. The fourth-order valence-corrected chi connectivity index (χ4v) is 0.899. The summed E-state index contributed by atoms with van der Waals surface area (Å²) in [7, 11) is 0. The molecule has 0 saturated carbocycles. The molecule has 4 heteroatoms.